The van der Waals surface area contributed by atoms with Crippen molar-refractivity contribution in [1.29, 1.82) is 0 Å². The highest BCUT2D eigenvalue weighted by molar-refractivity contribution is 5.64. The molecule has 3 aromatic rings. The van der Waals surface area contributed by atoms with Gasteiger partial charge < -0.3 is 40.9 Å². The normalized spacial score (nSPS) is 11.0. The lowest BCUT2D eigenvalue weighted by Crippen LogP contribution is -2.05. The zero-order valence-corrected chi connectivity index (χ0v) is 13.7. The van der Waals surface area contributed by atoms with Gasteiger partial charge in [0.25, 0.3) is 0 Å². The fourth-order valence-corrected chi connectivity index (χ4v) is 3.01. The van der Waals surface area contributed by atoms with Crippen LogP contribution < -0.4 is 0 Å². The monoisotopic (exact) mass is 372 g/mol. The summed E-state index contributed by atoms with van der Waals surface area (Å²) in [5.74, 6) is -5.16. The number of rotatable bonds is 3. The summed E-state index contributed by atoms with van der Waals surface area (Å²) in [7, 11) is 0. The van der Waals surface area contributed by atoms with Gasteiger partial charge in [0, 0.05) is 41.3 Å². The highest BCUT2D eigenvalue weighted by Gasteiger charge is 2.30. The Morgan fingerprint density at radius 1 is 0.444 bits per heavy atom. The van der Waals surface area contributed by atoms with Gasteiger partial charge in [-0.15, -0.1) is 0 Å². The molecule has 0 amide bonds. The maximum atomic E-state index is 10.3. The average Bonchev–Trinajstić information content (AvgIpc) is 2.54. The molecule has 0 unspecified atom stereocenters. The summed E-state index contributed by atoms with van der Waals surface area (Å²) in [4.78, 5) is 0. The summed E-state index contributed by atoms with van der Waals surface area (Å²) in [5.41, 5.74) is -0.193. The van der Waals surface area contributed by atoms with E-state index in [0.717, 1.165) is 36.4 Å². The quantitative estimate of drug-likeness (QED) is 0.257. The van der Waals surface area contributed by atoms with Crippen LogP contribution in [0.3, 0.4) is 0 Å². The van der Waals surface area contributed by atoms with Gasteiger partial charge in [-0.1, -0.05) is 6.07 Å². The summed E-state index contributed by atoms with van der Waals surface area (Å²) in [5, 5.41) is 79.6. The smallest absolute Gasteiger partial charge is 0.157 e. The lowest BCUT2D eigenvalue weighted by atomic mass is 9.82. The molecule has 0 bridgehead atoms. The second-order valence-electron chi connectivity index (χ2n) is 5.98. The third-order valence-corrected chi connectivity index (χ3v) is 4.15. The largest absolute Gasteiger partial charge is 0.508 e. The molecule has 8 N–H and O–H groups in total. The first-order valence-corrected chi connectivity index (χ1v) is 7.70. The molecule has 0 atom stereocenters. The maximum absolute atomic E-state index is 10.3. The molecule has 0 saturated carbocycles. The van der Waals surface area contributed by atoms with Gasteiger partial charge in [0.2, 0.25) is 0 Å². The Bertz CT molecular complexity index is 925. The molecule has 0 radical (unpaired) electrons. The number of benzene rings is 3. The van der Waals surface area contributed by atoms with Gasteiger partial charge in [0.1, 0.15) is 34.5 Å². The van der Waals surface area contributed by atoms with E-state index in [2.05, 4.69) is 0 Å². The van der Waals surface area contributed by atoms with Crippen molar-refractivity contribution in [2.24, 2.45) is 0 Å². The van der Waals surface area contributed by atoms with E-state index in [1.165, 1.54) is 6.07 Å². The molecule has 0 aromatic heterocycles. The molecule has 3 rings (SSSR count). The second-order valence-corrected chi connectivity index (χ2v) is 5.98. The lowest BCUT2D eigenvalue weighted by molar-refractivity contribution is 0.400. The number of phenols is 8. The van der Waals surface area contributed by atoms with Crippen LogP contribution in [-0.2, 0) is 0 Å². The van der Waals surface area contributed by atoms with E-state index in [4.69, 9.17) is 0 Å². The van der Waals surface area contributed by atoms with Gasteiger partial charge >= 0.3 is 0 Å². The van der Waals surface area contributed by atoms with E-state index in [9.17, 15) is 40.9 Å². The highest BCUT2D eigenvalue weighted by Crippen LogP contribution is 2.50. The Hall–Kier alpha value is -3.94. The van der Waals surface area contributed by atoms with Crippen LogP contribution in [0.1, 0.15) is 22.6 Å². The molecule has 8 heteroatoms. The predicted octanol–water partition coefficient (Wildman–Crippen LogP) is 2.51. The van der Waals surface area contributed by atoms with Gasteiger partial charge in [-0.2, -0.15) is 0 Å². The van der Waals surface area contributed by atoms with Crippen molar-refractivity contribution in [3.05, 3.63) is 59.2 Å². The van der Waals surface area contributed by atoms with Crippen molar-refractivity contribution < 1.29 is 40.9 Å². The van der Waals surface area contributed by atoms with E-state index in [0.29, 0.717) is 0 Å². The molecule has 0 aliphatic rings. The van der Waals surface area contributed by atoms with Crippen LogP contribution in [0.15, 0.2) is 42.5 Å². The van der Waals surface area contributed by atoms with E-state index in [-0.39, 0.29) is 16.7 Å². The Morgan fingerprint density at radius 3 is 1.22 bits per heavy atom. The van der Waals surface area contributed by atoms with Crippen molar-refractivity contribution in [3.8, 4) is 46.0 Å². The molecule has 0 spiro atoms. The number of hydrogen-bond donors (Lipinski definition) is 8. The van der Waals surface area contributed by atoms with Crippen molar-refractivity contribution in [1.82, 2.24) is 0 Å². The average molecular weight is 372 g/mol. The van der Waals surface area contributed by atoms with Crippen molar-refractivity contribution in [2.75, 3.05) is 0 Å². The van der Waals surface area contributed by atoms with Crippen molar-refractivity contribution in [3.63, 3.8) is 0 Å². The molecule has 0 heterocycles. The molecule has 3 aromatic carbocycles. The summed E-state index contributed by atoms with van der Waals surface area (Å²) in [6.07, 6.45) is 0. The molecule has 0 saturated heterocycles. The van der Waals surface area contributed by atoms with Gasteiger partial charge in [-0.25, -0.2) is 0 Å². The Balaban J connectivity index is 2.37. The minimum atomic E-state index is -1.22. The van der Waals surface area contributed by atoms with Crippen LogP contribution in [-0.4, -0.2) is 40.9 Å². The minimum absolute atomic E-state index is 0.179. The molecule has 0 aliphatic heterocycles. The second kappa shape index (κ2) is 6.41. The molecular formula is C19H16O8. The summed E-state index contributed by atoms with van der Waals surface area (Å²) in [6.45, 7) is 0. The number of phenolic OH excluding ortho intramolecular Hbond substituents is 8. The van der Waals surface area contributed by atoms with E-state index < -0.39 is 51.9 Å². The summed E-state index contributed by atoms with van der Waals surface area (Å²) >= 11 is 0. The standard InChI is InChI=1S/C19H16O8/c20-9-4-13(24)18(14(25)5-9)17(8-1-2-11(22)12(23)3-8)19-15(26)6-10(21)7-16(19)27/h1-7,17,20-27H. The predicted molar refractivity (Wildman–Crippen MR) is 93.6 cm³/mol. The first-order valence-electron chi connectivity index (χ1n) is 7.70. The van der Waals surface area contributed by atoms with Gasteiger partial charge in [-0.3, -0.25) is 0 Å². The van der Waals surface area contributed by atoms with Gasteiger partial charge in [-0.05, 0) is 17.7 Å². The Labute approximate surface area is 152 Å². The van der Waals surface area contributed by atoms with Crippen LogP contribution in [0, 0.1) is 0 Å². The van der Waals surface area contributed by atoms with E-state index >= 15 is 0 Å². The first kappa shape index (κ1) is 17.9. The maximum Gasteiger partial charge on any atom is 0.157 e. The SMILES string of the molecule is Oc1cc(O)c(C(c2ccc(O)c(O)c2)c2c(O)cc(O)cc2O)c(O)c1. The van der Waals surface area contributed by atoms with Crippen LogP contribution in [0.25, 0.3) is 0 Å². The van der Waals surface area contributed by atoms with Gasteiger partial charge in [0.15, 0.2) is 11.5 Å². The Morgan fingerprint density at radius 2 is 0.852 bits per heavy atom. The zero-order chi connectivity index (χ0) is 19.9. The third kappa shape index (κ3) is 3.15. The molecule has 0 aliphatic carbocycles. The Kier molecular flexibility index (Phi) is 4.24. The molecular weight excluding hydrogens is 356 g/mol. The lowest BCUT2D eigenvalue weighted by Gasteiger charge is -2.23. The van der Waals surface area contributed by atoms with Crippen molar-refractivity contribution >= 4 is 0 Å². The summed E-state index contributed by atoms with van der Waals surface area (Å²) in [6, 6.07) is 7.44. The van der Waals surface area contributed by atoms with E-state index in [1.807, 2.05) is 0 Å². The highest BCUT2D eigenvalue weighted by atomic mass is 16.3. The molecule has 27 heavy (non-hydrogen) atoms. The molecule has 8 nitrogen and oxygen atoms in total. The fourth-order valence-electron chi connectivity index (χ4n) is 3.01. The first-order chi connectivity index (χ1) is 12.7. The van der Waals surface area contributed by atoms with Crippen LogP contribution in [0.4, 0.5) is 0 Å². The molecule has 0 fully saturated rings. The number of aromatic hydroxyl groups is 8. The minimum Gasteiger partial charge on any atom is -0.508 e. The topological polar surface area (TPSA) is 162 Å². The van der Waals surface area contributed by atoms with Crippen LogP contribution in [0.2, 0.25) is 0 Å². The third-order valence-electron chi connectivity index (χ3n) is 4.15. The van der Waals surface area contributed by atoms with Crippen LogP contribution in [0.5, 0.6) is 46.0 Å². The number of hydrogen-bond acceptors (Lipinski definition) is 8. The molecule has 140 valence electrons. The zero-order valence-electron chi connectivity index (χ0n) is 13.7. The summed E-state index contributed by atoms with van der Waals surface area (Å²) < 4.78 is 0. The van der Waals surface area contributed by atoms with Crippen molar-refractivity contribution in [2.45, 2.75) is 5.92 Å². The fraction of sp³-hybridized carbons (Fsp3) is 0.0526. The van der Waals surface area contributed by atoms with Crippen LogP contribution >= 0.6 is 0 Å². The van der Waals surface area contributed by atoms with E-state index in [1.54, 1.807) is 0 Å². The van der Waals surface area contributed by atoms with Gasteiger partial charge in [0.05, 0.1) is 0 Å².